The summed E-state index contributed by atoms with van der Waals surface area (Å²) in [6, 6.07) is 1.60. The number of carbonyl (C=O) groups excluding carboxylic acids is 1. The minimum absolute atomic E-state index is 0.293. The van der Waals surface area contributed by atoms with E-state index < -0.39 is 5.91 Å². The predicted molar refractivity (Wildman–Crippen MR) is 49.3 cm³/mol. The number of primary amides is 1. The van der Waals surface area contributed by atoms with Crippen LogP contribution in [0.4, 0.5) is 0 Å². The lowest BCUT2D eigenvalue weighted by molar-refractivity contribution is 0.0995. The zero-order valence-electron chi connectivity index (χ0n) is 7.56. The van der Waals surface area contributed by atoms with Crippen molar-refractivity contribution in [1.82, 2.24) is 19.7 Å². The van der Waals surface area contributed by atoms with Crippen molar-refractivity contribution in [3.63, 3.8) is 0 Å². The van der Waals surface area contributed by atoms with Crippen molar-refractivity contribution >= 4 is 5.91 Å². The van der Waals surface area contributed by atoms with Crippen LogP contribution in [0.15, 0.2) is 18.6 Å². The van der Waals surface area contributed by atoms with Crippen LogP contribution in [0.2, 0.25) is 0 Å². The highest BCUT2D eigenvalue weighted by Gasteiger charge is 2.09. The summed E-state index contributed by atoms with van der Waals surface area (Å²) in [5, 5.41) is 6.51. The molecule has 2 aromatic rings. The Labute approximate surface area is 79.8 Å². The van der Waals surface area contributed by atoms with Gasteiger partial charge in [0, 0.05) is 7.05 Å². The van der Waals surface area contributed by atoms with Crippen molar-refractivity contribution in [2.45, 2.75) is 0 Å². The molecule has 6 heteroatoms. The normalized spacial score (nSPS) is 10.4. The van der Waals surface area contributed by atoms with Crippen molar-refractivity contribution in [1.29, 1.82) is 0 Å². The lowest BCUT2D eigenvalue weighted by atomic mass is 10.3. The number of aromatic amines is 1. The monoisotopic (exact) mass is 191 g/mol. The van der Waals surface area contributed by atoms with Crippen LogP contribution in [-0.4, -0.2) is 25.7 Å². The molecular formula is C8H9N5O. The van der Waals surface area contributed by atoms with Gasteiger partial charge >= 0.3 is 0 Å². The molecule has 1 amide bonds. The zero-order valence-corrected chi connectivity index (χ0v) is 7.56. The van der Waals surface area contributed by atoms with E-state index >= 15 is 0 Å². The van der Waals surface area contributed by atoms with Gasteiger partial charge in [-0.2, -0.15) is 5.10 Å². The number of aryl methyl sites for hydroxylation is 1. The number of nitrogens with two attached hydrogens (primary N) is 1. The Kier molecular flexibility index (Phi) is 1.81. The maximum absolute atomic E-state index is 10.8. The van der Waals surface area contributed by atoms with Crippen LogP contribution < -0.4 is 5.73 Å². The first-order valence-electron chi connectivity index (χ1n) is 4.00. The van der Waals surface area contributed by atoms with Crippen LogP contribution in [0, 0.1) is 0 Å². The molecule has 0 spiro atoms. The molecule has 0 aliphatic rings. The number of nitrogens with one attached hydrogen (secondary N) is 1. The molecule has 2 heterocycles. The fourth-order valence-electron chi connectivity index (χ4n) is 1.18. The van der Waals surface area contributed by atoms with Gasteiger partial charge in [-0.1, -0.05) is 0 Å². The largest absolute Gasteiger partial charge is 0.364 e. The second-order valence-electron chi connectivity index (χ2n) is 2.92. The van der Waals surface area contributed by atoms with E-state index in [1.54, 1.807) is 23.2 Å². The number of nitrogens with zero attached hydrogens (tertiary/aromatic N) is 3. The second-order valence-corrected chi connectivity index (χ2v) is 2.92. The topological polar surface area (TPSA) is 89.6 Å². The Morgan fingerprint density at radius 3 is 2.93 bits per heavy atom. The predicted octanol–water partition coefficient (Wildman–Crippen LogP) is -0.0909. The highest BCUT2D eigenvalue weighted by atomic mass is 16.1. The molecule has 0 unspecified atom stereocenters. The summed E-state index contributed by atoms with van der Waals surface area (Å²) in [6.07, 6.45) is 3.33. The molecule has 0 radical (unpaired) electrons. The average molecular weight is 191 g/mol. The van der Waals surface area contributed by atoms with Gasteiger partial charge in [-0.05, 0) is 6.07 Å². The van der Waals surface area contributed by atoms with Gasteiger partial charge in [0.2, 0.25) is 0 Å². The first kappa shape index (κ1) is 8.49. The van der Waals surface area contributed by atoms with Crippen molar-refractivity contribution in [2.24, 2.45) is 12.8 Å². The molecule has 0 bridgehead atoms. The number of rotatable bonds is 2. The van der Waals surface area contributed by atoms with Crippen LogP contribution in [0.25, 0.3) is 11.4 Å². The van der Waals surface area contributed by atoms with Crippen LogP contribution in [0.5, 0.6) is 0 Å². The maximum atomic E-state index is 10.8. The number of aromatic nitrogens is 4. The van der Waals surface area contributed by atoms with E-state index in [4.69, 9.17) is 5.73 Å². The summed E-state index contributed by atoms with van der Waals surface area (Å²) >= 11 is 0. The number of carbonyl (C=O) groups is 1. The molecule has 0 aliphatic carbocycles. The Morgan fingerprint density at radius 1 is 1.64 bits per heavy atom. The summed E-state index contributed by atoms with van der Waals surface area (Å²) < 4.78 is 1.81. The Morgan fingerprint density at radius 2 is 2.43 bits per heavy atom. The van der Waals surface area contributed by atoms with E-state index in [1.807, 2.05) is 7.05 Å². The number of hydrogen-bond donors (Lipinski definition) is 2. The Hall–Kier alpha value is -2.11. The summed E-state index contributed by atoms with van der Waals surface area (Å²) in [7, 11) is 1.85. The average Bonchev–Trinajstić information content (AvgIpc) is 2.71. The number of hydrogen-bond acceptors (Lipinski definition) is 3. The molecule has 2 rings (SSSR count). The number of amides is 1. The van der Waals surface area contributed by atoms with Crippen molar-refractivity contribution in [3.8, 4) is 11.4 Å². The molecule has 0 saturated heterocycles. The van der Waals surface area contributed by atoms with Gasteiger partial charge in [0.15, 0.2) is 0 Å². The molecule has 0 fully saturated rings. The van der Waals surface area contributed by atoms with E-state index in [2.05, 4.69) is 15.2 Å². The fourth-order valence-corrected chi connectivity index (χ4v) is 1.18. The van der Waals surface area contributed by atoms with Crippen LogP contribution in [0.1, 0.15) is 10.5 Å². The first-order valence-corrected chi connectivity index (χ1v) is 4.00. The lowest BCUT2D eigenvalue weighted by Crippen LogP contribution is -2.10. The van der Waals surface area contributed by atoms with Gasteiger partial charge in [0.25, 0.3) is 5.91 Å². The summed E-state index contributed by atoms with van der Waals surface area (Å²) in [5.74, 6) is -0.522. The number of H-pyrrole nitrogens is 1. The Balaban J connectivity index is 2.43. The quantitative estimate of drug-likeness (QED) is 0.695. The summed E-state index contributed by atoms with van der Waals surface area (Å²) in [6.45, 7) is 0. The second kappa shape index (κ2) is 2.99. The highest BCUT2D eigenvalue weighted by Crippen LogP contribution is 2.15. The molecule has 0 saturated carbocycles. The van der Waals surface area contributed by atoms with E-state index in [9.17, 15) is 4.79 Å². The zero-order chi connectivity index (χ0) is 10.1. The fraction of sp³-hybridized carbons (Fsp3) is 0.125. The summed E-state index contributed by atoms with van der Waals surface area (Å²) in [4.78, 5) is 14.7. The van der Waals surface area contributed by atoms with Crippen molar-refractivity contribution < 1.29 is 4.79 Å². The Bertz CT molecular complexity index is 470. The molecule has 0 atom stereocenters. The standard InChI is InChI=1S/C8H9N5O/c1-13-4-10-3-7(13)5-2-6(8(9)14)12-11-5/h2-4H,1H3,(H2,9,14)(H,11,12). The molecule has 2 aromatic heterocycles. The molecule has 72 valence electrons. The van der Waals surface area contributed by atoms with Crippen LogP contribution >= 0.6 is 0 Å². The van der Waals surface area contributed by atoms with Gasteiger partial charge in [0.05, 0.1) is 18.2 Å². The third-order valence-corrected chi connectivity index (χ3v) is 1.92. The molecule has 6 nitrogen and oxygen atoms in total. The smallest absolute Gasteiger partial charge is 0.266 e. The van der Waals surface area contributed by atoms with Crippen LogP contribution in [0.3, 0.4) is 0 Å². The van der Waals surface area contributed by atoms with E-state index in [0.29, 0.717) is 11.4 Å². The van der Waals surface area contributed by atoms with Crippen molar-refractivity contribution in [2.75, 3.05) is 0 Å². The minimum Gasteiger partial charge on any atom is -0.364 e. The molecule has 0 aliphatic heterocycles. The van der Waals surface area contributed by atoms with E-state index in [1.165, 1.54) is 0 Å². The van der Waals surface area contributed by atoms with Gasteiger partial charge < -0.3 is 10.3 Å². The molecular weight excluding hydrogens is 182 g/mol. The minimum atomic E-state index is -0.522. The molecule has 0 aromatic carbocycles. The van der Waals surface area contributed by atoms with Gasteiger partial charge in [-0.3, -0.25) is 9.89 Å². The van der Waals surface area contributed by atoms with Gasteiger partial charge in [-0.15, -0.1) is 0 Å². The number of imidazole rings is 1. The lowest BCUT2D eigenvalue weighted by Gasteiger charge is -1.94. The summed E-state index contributed by atoms with van der Waals surface area (Å²) in [5.41, 5.74) is 6.86. The van der Waals surface area contributed by atoms with Crippen LogP contribution in [-0.2, 0) is 7.05 Å². The highest BCUT2D eigenvalue weighted by molar-refractivity contribution is 5.91. The SMILES string of the molecule is Cn1cncc1-c1cc(C(N)=O)[nH]n1. The van der Waals surface area contributed by atoms with Crippen molar-refractivity contribution in [3.05, 3.63) is 24.3 Å². The first-order chi connectivity index (χ1) is 6.68. The third kappa shape index (κ3) is 1.26. The third-order valence-electron chi connectivity index (χ3n) is 1.92. The molecule has 3 N–H and O–H groups in total. The molecule has 14 heavy (non-hydrogen) atoms. The van der Waals surface area contributed by atoms with E-state index in [-0.39, 0.29) is 0 Å². The van der Waals surface area contributed by atoms with Gasteiger partial charge in [-0.25, -0.2) is 4.98 Å². The maximum Gasteiger partial charge on any atom is 0.266 e. The van der Waals surface area contributed by atoms with Gasteiger partial charge in [0.1, 0.15) is 11.4 Å². The van der Waals surface area contributed by atoms with E-state index in [0.717, 1.165) is 5.69 Å².